The number of rotatable bonds is 2. The molecule has 4 heteroatoms. The van der Waals surface area contributed by atoms with Crippen molar-refractivity contribution in [3.8, 4) is 0 Å². The Labute approximate surface area is 183 Å². The number of carbonyl (C=O) groups excluding carboxylic acids is 2. The molecule has 1 aromatic rings. The molecule has 0 aromatic heterocycles. The first-order valence-corrected chi connectivity index (χ1v) is 7.43. The third-order valence-electron chi connectivity index (χ3n) is 4.84. The van der Waals surface area contributed by atoms with Crippen LogP contribution in [0.4, 0.5) is 0 Å². The summed E-state index contributed by atoms with van der Waals surface area (Å²) in [6.45, 7) is 7.42. The molecule has 0 saturated carbocycles. The van der Waals surface area contributed by atoms with Gasteiger partial charge in [-0.1, -0.05) is 62.4 Å². The Bertz CT molecular complexity index is 720. The van der Waals surface area contributed by atoms with E-state index in [9.17, 15) is 9.59 Å². The van der Waals surface area contributed by atoms with Crippen molar-refractivity contribution in [2.24, 2.45) is 5.41 Å². The Hall–Kier alpha value is -0.558. The molecule has 2 nitrogen and oxygen atoms in total. The van der Waals surface area contributed by atoms with E-state index < -0.39 is 5.41 Å². The van der Waals surface area contributed by atoms with E-state index >= 15 is 0 Å². The van der Waals surface area contributed by atoms with E-state index in [1.54, 1.807) is 13.0 Å². The average molecular weight is 563 g/mol. The number of Topliss-reactive ketones (excluding diaryl/α,β-unsaturated/α-hetero) is 2. The van der Waals surface area contributed by atoms with Gasteiger partial charge in [0.05, 0.1) is 0 Å². The molecule has 24 heavy (non-hydrogen) atoms. The van der Waals surface area contributed by atoms with Gasteiger partial charge in [0.2, 0.25) is 0 Å². The molecule has 1 unspecified atom stereocenters. The number of ketones is 2. The number of allylic oxidation sites excluding steroid dienone is 5. The summed E-state index contributed by atoms with van der Waals surface area (Å²) >= 11 is 0. The van der Waals surface area contributed by atoms with Gasteiger partial charge in [-0.05, 0) is 16.6 Å². The van der Waals surface area contributed by atoms with Crippen molar-refractivity contribution in [2.45, 2.75) is 26.2 Å². The van der Waals surface area contributed by atoms with Crippen LogP contribution in [0.15, 0.2) is 60.2 Å². The summed E-state index contributed by atoms with van der Waals surface area (Å²) in [4.78, 5) is 25.3. The molecule has 2 aliphatic rings. The minimum Gasteiger partial charge on any atom is -0.442 e. The van der Waals surface area contributed by atoms with Crippen LogP contribution >= 0.6 is 0 Å². The fraction of sp³-hybridized carbons (Fsp3) is 0.250. The van der Waals surface area contributed by atoms with Crippen LogP contribution in [0.5, 0.6) is 0 Å². The topological polar surface area (TPSA) is 34.1 Å². The Morgan fingerprint density at radius 1 is 1.29 bits per heavy atom. The monoisotopic (exact) mass is 563 g/mol. The van der Waals surface area contributed by atoms with Crippen LogP contribution in [0.25, 0.3) is 0 Å². The molecule has 1 aromatic carbocycles. The molecule has 0 saturated heterocycles. The second-order valence-electron chi connectivity index (χ2n) is 6.05. The second kappa shape index (κ2) is 8.21. The minimum atomic E-state index is -0.865. The summed E-state index contributed by atoms with van der Waals surface area (Å²) in [7, 11) is 0. The van der Waals surface area contributed by atoms with Gasteiger partial charge in [-0.25, -0.2) is 5.92 Å². The average Bonchev–Trinajstić information content (AvgIpc) is 2.53. The van der Waals surface area contributed by atoms with E-state index in [0.29, 0.717) is 17.9 Å². The Kier molecular flexibility index (Phi) is 7.35. The predicted octanol–water partition coefficient (Wildman–Crippen LogP) is 3.76. The van der Waals surface area contributed by atoms with E-state index in [1.165, 1.54) is 0 Å². The van der Waals surface area contributed by atoms with Crippen molar-refractivity contribution >= 4 is 11.6 Å². The van der Waals surface area contributed by atoms with Crippen LogP contribution in [-0.4, -0.2) is 11.6 Å². The molecule has 3 rings (SSSR count). The van der Waals surface area contributed by atoms with E-state index in [2.05, 4.69) is 12.7 Å². The van der Waals surface area contributed by atoms with Crippen molar-refractivity contribution in [3.05, 3.63) is 77.8 Å². The molecular formula is C20H18O2WY-2. The van der Waals surface area contributed by atoms with Gasteiger partial charge < -0.3 is 15.2 Å². The molecule has 1 radical (unpaired) electrons. The quantitative estimate of drug-likeness (QED) is 0.515. The van der Waals surface area contributed by atoms with Gasteiger partial charge in [-0.15, -0.1) is 12.7 Å². The maximum absolute atomic E-state index is 12.8. The zero-order chi connectivity index (χ0) is 15.9. The number of benzene rings is 1. The first-order chi connectivity index (χ1) is 10.5. The molecule has 0 heterocycles. The largest absolute Gasteiger partial charge is 0.442 e. The summed E-state index contributed by atoms with van der Waals surface area (Å²) < 4.78 is 0. The molecule has 0 bridgehead atoms. The van der Waals surface area contributed by atoms with Crippen LogP contribution in [0, 0.1) is 17.4 Å². The van der Waals surface area contributed by atoms with Crippen LogP contribution in [0.3, 0.4) is 0 Å². The van der Waals surface area contributed by atoms with Gasteiger partial charge in [-0.2, -0.15) is 0 Å². The molecule has 0 spiro atoms. The zero-order valence-electron chi connectivity index (χ0n) is 13.8. The number of hydrogen-bond acceptors (Lipinski definition) is 2. The van der Waals surface area contributed by atoms with Crippen molar-refractivity contribution in [3.63, 3.8) is 0 Å². The summed E-state index contributed by atoms with van der Waals surface area (Å²) in [6.07, 6.45) is 7.08. The Morgan fingerprint density at radius 3 is 2.50 bits per heavy atom. The number of hydrogen-bond donors (Lipinski definition) is 0. The third kappa shape index (κ3) is 3.26. The maximum Gasteiger partial charge on any atom is 0.0421 e. The van der Waals surface area contributed by atoms with E-state index in [1.807, 2.05) is 43.3 Å². The molecule has 0 N–H and O–H groups in total. The summed E-state index contributed by atoms with van der Waals surface area (Å²) in [5, 5.41) is 0. The van der Waals surface area contributed by atoms with Crippen molar-refractivity contribution in [1.29, 1.82) is 0 Å². The van der Waals surface area contributed by atoms with Gasteiger partial charge in [0.15, 0.2) is 0 Å². The molecule has 0 fully saturated rings. The van der Waals surface area contributed by atoms with Gasteiger partial charge in [0, 0.05) is 65.5 Å². The van der Waals surface area contributed by atoms with Crippen molar-refractivity contribution < 1.29 is 63.4 Å². The summed E-state index contributed by atoms with van der Waals surface area (Å²) in [5.41, 5.74) is 1.58. The fourth-order valence-electron chi connectivity index (χ4n) is 3.61. The first-order valence-electron chi connectivity index (χ1n) is 7.43. The van der Waals surface area contributed by atoms with Crippen LogP contribution in [0.1, 0.15) is 31.7 Å². The first kappa shape index (κ1) is 21.5. The SMILES string of the molecule is C=CC1=CC[C-]2C(=O)C(C)=[C-]C(=O)C2(C)[C@H]1c1ccccc1.[W].[Y]. The smallest absolute Gasteiger partial charge is 0.0421 e. The molecule has 2 atom stereocenters. The second-order valence-corrected chi connectivity index (χ2v) is 6.05. The molecule has 0 amide bonds. The minimum absolute atomic E-state index is 0. The molecule has 121 valence electrons. The van der Waals surface area contributed by atoms with E-state index in [0.717, 1.165) is 11.1 Å². The predicted molar refractivity (Wildman–Crippen MR) is 85.9 cm³/mol. The van der Waals surface area contributed by atoms with E-state index in [4.69, 9.17) is 0 Å². The fourth-order valence-corrected chi connectivity index (χ4v) is 3.61. The van der Waals surface area contributed by atoms with Gasteiger partial charge >= 0.3 is 0 Å². The van der Waals surface area contributed by atoms with Crippen LogP contribution < -0.4 is 0 Å². The summed E-state index contributed by atoms with van der Waals surface area (Å²) in [5.74, 6) is 0.337. The van der Waals surface area contributed by atoms with Crippen molar-refractivity contribution in [1.82, 2.24) is 0 Å². The Balaban J connectivity index is 0.00000144. The summed E-state index contributed by atoms with van der Waals surface area (Å²) in [6, 6.07) is 9.85. The maximum atomic E-state index is 12.8. The zero-order valence-corrected chi connectivity index (χ0v) is 19.6. The van der Waals surface area contributed by atoms with Crippen molar-refractivity contribution in [2.75, 3.05) is 0 Å². The standard InChI is InChI=1S/C20H18O2.W.Y/c1-4-14-10-11-16-19(22)13(2)12-17(21)20(16,3)18(14)15-8-6-5-7-9-15;;/h4-10,18H,1,11H2,2-3H3;;/q-2;;/t18-,20?;;/m1../s1. The van der Waals surface area contributed by atoms with Crippen LogP contribution in [-0.2, 0) is 63.4 Å². The molecular weight excluding hydrogens is 545 g/mol. The van der Waals surface area contributed by atoms with Gasteiger partial charge in [0.1, 0.15) is 0 Å². The Morgan fingerprint density at radius 2 is 1.92 bits per heavy atom. The number of carbonyl (C=O) groups is 2. The molecule has 2 aliphatic carbocycles. The van der Waals surface area contributed by atoms with Gasteiger partial charge in [0.25, 0.3) is 0 Å². The van der Waals surface area contributed by atoms with Gasteiger partial charge in [-0.3, -0.25) is 6.08 Å². The van der Waals surface area contributed by atoms with E-state index in [-0.39, 0.29) is 71.3 Å². The molecule has 0 aliphatic heterocycles. The van der Waals surface area contributed by atoms with Crippen LogP contribution in [0.2, 0.25) is 0 Å². The number of fused-ring (bicyclic) bond motifs is 1. The third-order valence-corrected chi connectivity index (χ3v) is 4.84. The normalized spacial score (nSPS) is 25.6.